The van der Waals surface area contributed by atoms with Gasteiger partial charge >= 0.3 is 6.18 Å². The summed E-state index contributed by atoms with van der Waals surface area (Å²) in [5, 5.41) is 8.79. The molecule has 0 bridgehead atoms. The van der Waals surface area contributed by atoms with Gasteiger partial charge in [-0.1, -0.05) is 6.92 Å². The summed E-state index contributed by atoms with van der Waals surface area (Å²) in [5.74, 6) is -1.43. The van der Waals surface area contributed by atoms with Gasteiger partial charge in [0.15, 0.2) is 6.30 Å². The van der Waals surface area contributed by atoms with E-state index in [2.05, 4.69) is 5.32 Å². The molecule has 0 aliphatic rings. The third-order valence-corrected chi connectivity index (χ3v) is 1.75. The van der Waals surface area contributed by atoms with Crippen LogP contribution < -0.4 is 5.32 Å². The van der Waals surface area contributed by atoms with E-state index in [0.717, 1.165) is 0 Å². The lowest BCUT2D eigenvalue weighted by Crippen LogP contribution is -2.40. The molecule has 0 aromatic heterocycles. The molecule has 2 atom stereocenters. The van der Waals surface area contributed by atoms with Gasteiger partial charge in [-0.05, 0) is 13.5 Å². The van der Waals surface area contributed by atoms with Gasteiger partial charge in [0.05, 0.1) is 5.92 Å². The average molecular weight is 200 g/mol. The van der Waals surface area contributed by atoms with Crippen molar-refractivity contribution >= 4 is 5.71 Å². The van der Waals surface area contributed by atoms with Crippen molar-refractivity contribution in [1.82, 2.24) is 5.32 Å². The van der Waals surface area contributed by atoms with Crippen LogP contribution in [0.1, 0.15) is 13.3 Å². The third kappa shape index (κ3) is 3.30. The molecule has 2 N–H and O–H groups in total. The van der Waals surface area contributed by atoms with Gasteiger partial charge in [-0.25, -0.2) is 4.39 Å². The molecule has 2 nitrogen and oxygen atoms in total. The zero-order valence-electron chi connectivity index (χ0n) is 7.37. The first-order valence-electron chi connectivity index (χ1n) is 3.81. The van der Waals surface area contributed by atoms with Crippen LogP contribution in [0.5, 0.6) is 0 Å². The summed E-state index contributed by atoms with van der Waals surface area (Å²) in [4.78, 5) is 0. The molecule has 0 aromatic carbocycles. The number of halogens is 4. The first-order valence-corrected chi connectivity index (χ1v) is 3.81. The molecule has 13 heavy (non-hydrogen) atoms. The third-order valence-electron chi connectivity index (χ3n) is 1.75. The van der Waals surface area contributed by atoms with Crippen molar-refractivity contribution in [3.8, 4) is 0 Å². The second-order valence-electron chi connectivity index (χ2n) is 2.62. The van der Waals surface area contributed by atoms with Gasteiger partial charge in [-0.3, -0.25) is 5.32 Å². The molecule has 0 aliphatic heterocycles. The van der Waals surface area contributed by atoms with Crippen LogP contribution in [-0.2, 0) is 0 Å². The summed E-state index contributed by atoms with van der Waals surface area (Å²) in [6, 6.07) is 0. The van der Waals surface area contributed by atoms with Crippen molar-refractivity contribution in [2.75, 3.05) is 7.05 Å². The summed E-state index contributed by atoms with van der Waals surface area (Å²) in [5.41, 5.74) is -1.52. The smallest absolute Gasteiger partial charge is 0.300 e. The maximum absolute atomic E-state index is 12.8. The van der Waals surface area contributed by atoms with E-state index in [9.17, 15) is 17.6 Å². The Labute approximate surface area is 73.8 Å². The van der Waals surface area contributed by atoms with Gasteiger partial charge < -0.3 is 5.41 Å². The van der Waals surface area contributed by atoms with Crippen LogP contribution in [0.4, 0.5) is 17.6 Å². The first-order chi connectivity index (χ1) is 5.84. The highest BCUT2D eigenvalue weighted by Crippen LogP contribution is 2.25. The molecule has 78 valence electrons. The number of nitrogens with one attached hydrogen (secondary N) is 2. The lowest BCUT2D eigenvalue weighted by molar-refractivity contribution is -0.0661. The minimum absolute atomic E-state index is 0.0552. The van der Waals surface area contributed by atoms with E-state index in [1.54, 1.807) is 0 Å². The summed E-state index contributed by atoms with van der Waals surface area (Å²) in [6.07, 6.45) is -6.61. The fourth-order valence-corrected chi connectivity index (χ4v) is 0.969. The molecule has 6 heteroatoms. The Morgan fingerprint density at radius 1 is 1.46 bits per heavy atom. The SMILES string of the molecule is CCC(C(=N)C(F)(F)F)C(F)NC. The minimum atomic E-state index is -4.73. The van der Waals surface area contributed by atoms with Gasteiger partial charge in [0.1, 0.15) is 5.71 Å². The van der Waals surface area contributed by atoms with Crippen molar-refractivity contribution < 1.29 is 17.6 Å². The molecule has 0 saturated carbocycles. The standard InChI is InChI=1S/C7H12F4N2/c1-3-4(6(8)13-2)5(12)7(9,10)11/h4,6,12-13H,3H2,1-2H3. The van der Waals surface area contributed by atoms with E-state index in [1.807, 2.05) is 0 Å². The Morgan fingerprint density at radius 2 is 1.92 bits per heavy atom. The quantitative estimate of drug-likeness (QED) is 0.407. The predicted molar refractivity (Wildman–Crippen MR) is 41.5 cm³/mol. The maximum atomic E-state index is 12.8. The fraction of sp³-hybridized carbons (Fsp3) is 0.857. The molecule has 0 saturated heterocycles. The van der Waals surface area contributed by atoms with E-state index < -0.39 is 24.1 Å². The molecule has 0 rings (SSSR count). The highest BCUT2D eigenvalue weighted by Gasteiger charge is 2.41. The van der Waals surface area contributed by atoms with Crippen molar-refractivity contribution in [2.24, 2.45) is 5.92 Å². The Bertz CT molecular complexity index is 178. The second kappa shape index (κ2) is 4.55. The van der Waals surface area contributed by atoms with E-state index >= 15 is 0 Å². The van der Waals surface area contributed by atoms with Crippen LogP contribution in [0.15, 0.2) is 0 Å². The van der Waals surface area contributed by atoms with Crippen LogP contribution in [0.3, 0.4) is 0 Å². The molecule has 0 amide bonds. The zero-order chi connectivity index (χ0) is 10.6. The molecular weight excluding hydrogens is 188 g/mol. The van der Waals surface area contributed by atoms with Crippen molar-refractivity contribution in [3.63, 3.8) is 0 Å². The molecule has 0 fully saturated rings. The Kier molecular flexibility index (Phi) is 4.32. The van der Waals surface area contributed by atoms with Gasteiger partial charge in [0, 0.05) is 0 Å². The molecule has 2 unspecified atom stereocenters. The fourth-order valence-electron chi connectivity index (χ4n) is 0.969. The summed E-state index contributed by atoms with van der Waals surface area (Å²) < 4.78 is 48.7. The normalized spacial score (nSPS) is 16.8. The topological polar surface area (TPSA) is 35.9 Å². The highest BCUT2D eigenvalue weighted by molar-refractivity contribution is 5.89. The van der Waals surface area contributed by atoms with Crippen LogP contribution in [0.2, 0.25) is 0 Å². The number of hydrogen-bond donors (Lipinski definition) is 2. The van der Waals surface area contributed by atoms with Crippen LogP contribution in [0, 0.1) is 11.3 Å². The summed E-state index contributed by atoms with van der Waals surface area (Å²) >= 11 is 0. The second-order valence-corrected chi connectivity index (χ2v) is 2.62. The van der Waals surface area contributed by atoms with E-state index in [4.69, 9.17) is 5.41 Å². The van der Waals surface area contributed by atoms with E-state index in [-0.39, 0.29) is 6.42 Å². The Hall–Kier alpha value is -0.650. The Balaban J connectivity index is 4.50. The minimum Gasteiger partial charge on any atom is -0.300 e. The van der Waals surface area contributed by atoms with E-state index in [1.165, 1.54) is 14.0 Å². The number of alkyl halides is 4. The maximum Gasteiger partial charge on any atom is 0.429 e. The molecule has 0 radical (unpaired) electrons. The molecule has 0 aromatic rings. The Morgan fingerprint density at radius 3 is 2.15 bits per heavy atom. The van der Waals surface area contributed by atoms with Crippen molar-refractivity contribution in [3.05, 3.63) is 0 Å². The predicted octanol–water partition coefficient (Wildman–Crippen LogP) is 2.11. The van der Waals surface area contributed by atoms with Crippen molar-refractivity contribution in [1.29, 1.82) is 5.41 Å². The molecule has 0 aliphatic carbocycles. The number of rotatable bonds is 4. The van der Waals surface area contributed by atoms with Gasteiger partial charge in [0.2, 0.25) is 0 Å². The highest BCUT2D eigenvalue weighted by atomic mass is 19.4. The average Bonchev–Trinajstić information content (AvgIpc) is 2.03. The van der Waals surface area contributed by atoms with Gasteiger partial charge in [-0.15, -0.1) is 0 Å². The molecule has 0 heterocycles. The van der Waals surface area contributed by atoms with Crippen LogP contribution in [0.25, 0.3) is 0 Å². The van der Waals surface area contributed by atoms with Gasteiger partial charge in [-0.2, -0.15) is 13.2 Å². The number of hydrogen-bond acceptors (Lipinski definition) is 2. The first kappa shape index (κ1) is 12.3. The van der Waals surface area contributed by atoms with Crippen LogP contribution >= 0.6 is 0 Å². The molecular formula is C7H12F4N2. The van der Waals surface area contributed by atoms with Gasteiger partial charge in [0.25, 0.3) is 0 Å². The van der Waals surface area contributed by atoms with Crippen molar-refractivity contribution in [2.45, 2.75) is 25.8 Å². The summed E-state index contributed by atoms with van der Waals surface area (Å²) in [6.45, 7) is 1.41. The largest absolute Gasteiger partial charge is 0.429 e. The zero-order valence-corrected chi connectivity index (χ0v) is 7.37. The monoisotopic (exact) mass is 200 g/mol. The molecule has 0 spiro atoms. The van der Waals surface area contributed by atoms with Crippen LogP contribution in [-0.4, -0.2) is 25.2 Å². The van der Waals surface area contributed by atoms with E-state index in [0.29, 0.717) is 0 Å². The lowest BCUT2D eigenvalue weighted by atomic mass is 9.99. The summed E-state index contributed by atoms with van der Waals surface area (Å²) in [7, 11) is 1.22. The lowest BCUT2D eigenvalue weighted by Gasteiger charge is -2.21.